The molecule has 0 aliphatic heterocycles. The van der Waals surface area contributed by atoms with Crippen LogP contribution in [0.25, 0.3) is 10.8 Å². The quantitative estimate of drug-likeness (QED) is 0.491. The summed E-state index contributed by atoms with van der Waals surface area (Å²) in [6.45, 7) is 0. The number of rotatable bonds is 4. The largest absolute Gasteiger partial charge is 0.469 e. The van der Waals surface area contributed by atoms with Gasteiger partial charge >= 0.3 is 5.97 Å². The highest BCUT2D eigenvalue weighted by Crippen LogP contribution is 2.42. The number of ether oxygens (including phenoxy) is 1. The zero-order valence-corrected chi connectivity index (χ0v) is 12.8. The van der Waals surface area contributed by atoms with Crippen molar-refractivity contribution in [3.8, 4) is 0 Å². The maximum absolute atomic E-state index is 11.6. The Kier molecular flexibility index (Phi) is 4.10. The number of methoxy groups -OCH3 is 1. The van der Waals surface area contributed by atoms with Crippen LogP contribution in [0.15, 0.2) is 54.2 Å². The number of carbonyl (C=O) groups excluding carboxylic acids is 1. The van der Waals surface area contributed by atoms with E-state index in [-0.39, 0.29) is 34.8 Å². The highest BCUT2D eigenvalue weighted by molar-refractivity contribution is 5.83. The molecule has 1 aliphatic carbocycles. The fourth-order valence-electron chi connectivity index (χ4n) is 3.31. The summed E-state index contributed by atoms with van der Waals surface area (Å²) >= 11 is 0. The van der Waals surface area contributed by atoms with Crippen LogP contribution < -0.4 is 0 Å². The lowest BCUT2D eigenvalue weighted by Gasteiger charge is -2.19. The number of fused-ring (bicyclic) bond motifs is 1. The van der Waals surface area contributed by atoms with Crippen LogP contribution in [0.5, 0.6) is 0 Å². The lowest BCUT2D eigenvalue weighted by Crippen LogP contribution is -2.18. The Bertz CT molecular complexity index is 796. The highest BCUT2D eigenvalue weighted by Gasteiger charge is 2.39. The molecular weight excluding hydrogens is 294 g/mol. The predicted octanol–water partition coefficient (Wildman–Crippen LogP) is 3.67. The number of nitrogens with zero attached hydrogens (tertiary/aromatic N) is 1. The van der Waals surface area contributed by atoms with E-state index in [0.717, 1.165) is 16.3 Å². The van der Waals surface area contributed by atoms with Gasteiger partial charge in [-0.1, -0.05) is 42.5 Å². The zero-order chi connectivity index (χ0) is 16.4. The third-order valence-electron chi connectivity index (χ3n) is 4.42. The number of benzene rings is 2. The van der Waals surface area contributed by atoms with E-state index in [4.69, 9.17) is 4.74 Å². The zero-order valence-electron chi connectivity index (χ0n) is 12.8. The second-order valence-corrected chi connectivity index (χ2v) is 5.75. The molecular formula is C18H17NO4. The van der Waals surface area contributed by atoms with Crippen LogP contribution in [0.2, 0.25) is 0 Å². The molecule has 0 aromatic heterocycles. The summed E-state index contributed by atoms with van der Waals surface area (Å²) in [6, 6.07) is 13.8. The summed E-state index contributed by atoms with van der Waals surface area (Å²) in [5.74, 6) is -0.850. The van der Waals surface area contributed by atoms with E-state index in [1.165, 1.54) is 7.11 Å². The molecule has 2 atom stereocenters. The molecule has 1 aliphatic rings. The first-order chi connectivity index (χ1) is 11.1. The number of hydrogen-bond acceptors (Lipinski definition) is 4. The summed E-state index contributed by atoms with van der Waals surface area (Å²) in [6.07, 6.45) is 2.33. The van der Waals surface area contributed by atoms with Gasteiger partial charge in [0.1, 0.15) is 0 Å². The van der Waals surface area contributed by atoms with Crippen LogP contribution in [-0.2, 0) is 9.53 Å². The van der Waals surface area contributed by atoms with Crippen molar-refractivity contribution in [1.29, 1.82) is 0 Å². The summed E-state index contributed by atoms with van der Waals surface area (Å²) in [7, 11) is 1.34. The monoisotopic (exact) mass is 311 g/mol. The Hall–Kier alpha value is -2.69. The van der Waals surface area contributed by atoms with E-state index < -0.39 is 0 Å². The van der Waals surface area contributed by atoms with Gasteiger partial charge in [-0.3, -0.25) is 14.9 Å². The van der Waals surface area contributed by atoms with Gasteiger partial charge in [-0.15, -0.1) is 0 Å². The van der Waals surface area contributed by atoms with E-state index in [1.54, 1.807) is 6.08 Å². The minimum absolute atomic E-state index is 0.135. The standard InChI is InChI=1S/C18H17NO4/c1-23-17(20)11-15-8-9-16(19(21)22)18(15)14-7-6-12-4-2-3-5-13(12)10-14/h2-7,9-10,15,18H,8,11H2,1H3/t15-,18-/m1/s1. The van der Waals surface area contributed by atoms with Crippen molar-refractivity contribution in [2.24, 2.45) is 5.92 Å². The maximum Gasteiger partial charge on any atom is 0.305 e. The van der Waals surface area contributed by atoms with Crippen molar-refractivity contribution in [1.82, 2.24) is 0 Å². The van der Waals surface area contributed by atoms with Crippen molar-refractivity contribution in [3.63, 3.8) is 0 Å². The van der Waals surface area contributed by atoms with Gasteiger partial charge in [-0.05, 0) is 34.8 Å². The van der Waals surface area contributed by atoms with Crippen molar-refractivity contribution < 1.29 is 14.5 Å². The molecule has 5 heteroatoms. The summed E-state index contributed by atoms with van der Waals surface area (Å²) in [4.78, 5) is 22.7. The summed E-state index contributed by atoms with van der Waals surface area (Å²) in [5, 5.41) is 13.5. The van der Waals surface area contributed by atoms with Crippen LogP contribution in [0.4, 0.5) is 0 Å². The average Bonchev–Trinajstić information content (AvgIpc) is 2.98. The third kappa shape index (κ3) is 2.95. The average molecular weight is 311 g/mol. The van der Waals surface area contributed by atoms with Crippen molar-refractivity contribution in [2.75, 3.05) is 7.11 Å². The van der Waals surface area contributed by atoms with Gasteiger partial charge in [0.15, 0.2) is 0 Å². The molecule has 0 amide bonds. The minimum atomic E-state index is -0.381. The van der Waals surface area contributed by atoms with Gasteiger partial charge in [0.05, 0.1) is 18.0 Å². The molecule has 0 saturated heterocycles. The Morgan fingerprint density at radius 2 is 2.00 bits per heavy atom. The molecule has 2 aromatic rings. The van der Waals surface area contributed by atoms with Crippen LogP contribution in [0.3, 0.4) is 0 Å². The molecule has 0 bridgehead atoms. The Morgan fingerprint density at radius 1 is 1.26 bits per heavy atom. The molecule has 118 valence electrons. The van der Waals surface area contributed by atoms with Crippen LogP contribution >= 0.6 is 0 Å². The van der Waals surface area contributed by atoms with Crippen LogP contribution in [0, 0.1) is 16.0 Å². The van der Waals surface area contributed by atoms with Crippen LogP contribution in [-0.4, -0.2) is 18.0 Å². The van der Waals surface area contributed by atoms with Gasteiger partial charge < -0.3 is 4.74 Å². The molecule has 0 saturated carbocycles. The molecule has 0 spiro atoms. The number of carbonyl (C=O) groups is 1. The smallest absolute Gasteiger partial charge is 0.305 e. The predicted molar refractivity (Wildman–Crippen MR) is 86.5 cm³/mol. The fraction of sp³-hybridized carbons (Fsp3) is 0.278. The van der Waals surface area contributed by atoms with Crippen LogP contribution in [0.1, 0.15) is 24.3 Å². The maximum atomic E-state index is 11.6. The topological polar surface area (TPSA) is 69.4 Å². The first-order valence-electron chi connectivity index (χ1n) is 7.50. The number of nitro groups is 1. The SMILES string of the molecule is COC(=O)C[C@H]1CC=C([N+](=O)[O-])[C@@H]1c1ccc2ccccc2c1. The minimum Gasteiger partial charge on any atom is -0.469 e. The first-order valence-corrected chi connectivity index (χ1v) is 7.50. The number of allylic oxidation sites excluding steroid dienone is 2. The molecule has 0 unspecified atom stereocenters. The Balaban J connectivity index is 2.00. The van der Waals surface area contributed by atoms with Gasteiger partial charge in [0, 0.05) is 6.42 Å². The molecule has 0 heterocycles. The van der Waals surface area contributed by atoms with Gasteiger partial charge in [-0.25, -0.2) is 0 Å². The molecule has 5 nitrogen and oxygen atoms in total. The van der Waals surface area contributed by atoms with Gasteiger partial charge in [-0.2, -0.15) is 0 Å². The lowest BCUT2D eigenvalue weighted by atomic mass is 9.84. The molecule has 0 N–H and O–H groups in total. The van der Waals surface area contributed by atoms with E-state index >= 15 is 0 Å². The second-order valence-electron chi connectivity index (χ2n) is 5.75. The molecule has 23 heavy (non-hydrogen) atoms. The normalized spacial score (nSPS) is 20.3. The third-order valence-corrected chi connectivity index (χ3v) is 4.42. The Labute approximate surface area is 133 Å². The summed E-state index contributed by atoms with van der Waals surface area (Å²) in [5.41, 5.74) is 1.05. The number of esters is 1. The molecule has 3 rings (SSSR count). The second kappa shape index (κ2) is 6.20. The van der Waals surface area contributed by atoms with E-state index in [9.17, 15) is 14.9 Å². The molecule has 0 radical (unpaired) electrons. The lowest BCUT2D eigenvalue weighted by molar-refractivity contribution is -0.429. The summed E-state index contributed by atoms with van der Waals surface area (Å²) < 4.78 is 4.73. The van der Waals surface area contributed by atoms with E-state index in [0.29, 0.717) is 6.42 Å². The van der Waals surface area contributed by atoms with E-state index in [2.05, 4.69) is 0 Å². The number of hydrogen-bond donors (Lipinski definition) is 0. The van der Waals surface area contributed by atoms with Gasteiger partial charge in [0.25, 0.3) is 0 Å². The van der Waals surface area contributed by atoms with Crippen molar-refractivity contribution in [2.45, 2.75) is 18.8 Å². The molecule has 0 fully saturated rings. The van der Waals surface area contributed by atoms with Crippen molar-refractivity contribution in [3.05, 3.63) is 69.9 Å². The Morgan fingerprint density at radius 3 is 2.70 bits per heavy atom. The fourth-order valence-corrected chi connectivity index (χ4v) is 3.31. The highest BCUT2D eigenvalue weighted by atomic mass is 16.6. The van der Waals surface area contributed by atoms with E-state index in [1.807, 2.05) is 42.5 Å². The van der Waals surface area contributed by atoms with Crippen molar-refractivity contribution >= 4 is 16.7 Å². The van der Waals surface area contributed by atoms with Gasteiger partial charge in [0.2, 0.25) is 5.70 Å². The molecule has 2 aromatic carbocycles. The first kappa shape index (κ1) is 15.2.